The van der Waals surface area contributed by atoms with Crippen LogP contribution in [-0.4, -0.2) is 37.3 Å². The summed E-state index contributed by atoms with van der Waals surface area (Å²) in [5, 5.41) is 12.3. The number of anilines is 1. The Labute approximate surface area is 116 Å². The highest BCUT2D eigenvalue weighted by molar-refractivity contribution is 5.76. The van der Waals surface area contributed by atoms with Crippen LogP contribution in [-0.2, 0) is 0 Å². The summed E-state index contributed by atoms with van der Waals surface area (Å²) in [5.41, 5.74) is 1.86. The van der Waals surface area contributed by atoms with Gasteiger partial charge in [-0.3, -0.25) is 4.57 Å². The number of imidazole rings is 1. The first-order chi connectivity index (χ1) is 9.74. The maximum atomic E-state index is 9.29. The van der Waals surface area contributed by atoms with E-state index >= 15 is 0 Å². The standard InChI is InChI=1S/C14H15N5O/c1-10(20)8-16-13-6-7-15-14(18-13)19-9-17-11-4-2-3-5-12(11)19/h2-7,9-10,20H,8H2,1H3,(H,15,16,18). The van der Waals surface area contributed by atoms with Crippen molar-refractivity contribution in [2.24, 2.45) is 0 Å². The van der Waals surface area contributed by atoms with Crippen LogP contribution < -0.4 is 5.32 Å². The second kappa shape index (κ2) is 5.26. The van der Waals surface area contributed by atoms with E-state index in [4.69, 9.17) is 0 Å². The number of nitrogens with one attached hydrogen (secondary N) is 1. The van der Waals surface area contributed by atoms with Crippen LogP contribution in [0.1, 0.15) is 6.92 Å². The minimum absolute atomic E-state index is 0.428. The van der Waals surface area contributed by atoms with E-state index in [2.05, 4.69) is 20.3 Å². The Kier molecular flexibility index (Phi) is 3.30. The van der Waals surface area contributed by atoms with Crippen LogP contribution in [0, 0.1) is 0 Å². The van der Waals surface area contributed by atoms with Gasteiger partial charge >= 0.3 is 0 Å². The van der Waals surface area contributed by atoms with E-state index in [1.807, 2.05) is 28.8 Å². The number of aromatic nitrogens is 4. The fraction of sp³-hybridized carbons (Fsp3) is 0.214. The normalized spacial score (nSPS) is 12.5. The van der Waals surface area contributed by atoms with Gasteiger partial charge in [-0.2, -0.15) is 4.98 Å². The molecule has 0 radical (unpaired) electrons. The molecular weight excluding hydrogens is 254 g/mol. The Balaban J connectivity index is 1.95. The summed E-state index contributed by atoms with van der Waals surface area (Å²) in [6, 6.07) is 9.59. The van der Waals surface area contributed by atoms with E-state index in [-0.39, 0.29) is 0 Å². The third-order valence-electron chi connectivity index (χ3n) is 2.89. The molecule has 6 heteroatoms. The Morgan fingerprint density at radius 2 is 2.10 bits per heavy atom. The fourth-order valence-electron chi connectivity index (χ4n) is 1.93. The Hall–Kier alpha value is -2.47. The van der Waals surface area contributed by atoms with E-state index < -0.39 is 6.10 Å². The SMILES string of the molecule is CC(O)CNc1ccnc(-n2cnc3ccccc32)n1. The first kappa shape index (κ1) is 12.6. The van der Waals surface area contributed by atoms with E-state index in [9.17, 15) is 5.11 Å². The molecule has 0 amide bonds. The summed E-state index contributed by atoms with van der Waals surface area (Å²) < 4.78 is 1.84. The molecule has 3 aromatic rings. The monoisotopic (exact) mass is 269 g/mol. The van der Waals surface area contributed by atoms with Crippen LogP contribution in [0.2, 0.25) is 0 Å². The fourth-order valence-corrected chi connectivity index (χ4v) is 1.93. The van der Waals surface area contributed by atoms with Crippen molar-refractivity contribution < 1.29 is 5.11 Å². The molecule has 3 rings (SSSR count). The Morgan fingerprint density at radius 1 is 1.25 bits per heavy atom. The smallest absolute Gasteiger partial charge is 0.237 e. The molecule has 1 atom stereocenters. The summed E-state index contributed by atoms with van der Waals surface area (Å²) in [7, 11) is 0. The number of hydrogen-bond donors (Lipinski definition) is 2. The van der Waals surface area contributed by atoms with Crippen LogP contribution in [0.5, 0.6) is 0 Å². The van der Waals surface area contributed by atoms with Crippen LogP contribution in [0.3, 0.4) is 0 Å². The van der Waals surface area contributed by atoms with Gasteiger partial charge in [0.25, 0.3) is 0 Å². The number of hydrogen-bond acceptors (Lipinski definition) is 5. The van der Waals surface area contributed by atoms with E-state index in [1.165, 1.54) is 0 Å². The molecule has 102 valence electrons. The third kappa shape index (κ3) is 2.46. The lowest BCUT2D eigenvalue weighted by atomic mass is 10.3. The molecule has 0 aliphatic heterocycles. The molecule has 2 N–H and O–H groups in total. The quantitative estimate of drug-likeness (QED) is 0.752. The molecule has 0 saturated heterocycles. The largest absolute Gasteiger partial charge is 0.392 e. The van der Waals surface area contributed by atoms with Gasteiger partial charge in [0.15, 0.2) is 0 Å². The molecule has 2 aromatic heterocycles. The molecule has 0 bridgehead atoms. The highest BCUT2D eigenvalue weighted by Crippen LogP contribution is 2.15. The number of aliphatic hydroxyl groups is 1. The number of fused-ring (bicyclic) bond motifs is 1. The van der Waals surface area contributed by atoms with Crippen molar-refractivity contribution in [3.05, 3.63) is 42.9 Å². The van der Waals surface area contributed by atoms with Crippen molar-refractivity contribution in [1.29, 1.82) is 0 Å². The van der Waals surface area contributed by atoms with Crippen molar-refractivity contribution >= 4 is 16.9 Å². The molecule has 1 aromatic carbocycles. The molecule has 0 fully saturated rings. The second-order valence-corrected chi connectivity index (χ2v) is 4.58. The summed E-state index contributed by atoms with van der Waals surface area (Å²) in [6.45, 7) is 2.17. The number of aliphatic hydroxyl groups excluding tert-OH is 1. The minimum atomic E-state index is -0.428. The van der Waals surface area contributed by atoms with Crippen molar-refractivity contribution in [1.82, 2.24) is 19.5 Å². The maximum absolute atomic E-state index is 9.29. The number of nitrogens with zero attached hydrogens (tertiary/aromatic N) is 4. The molecule has 20 heavy (non-hydrogen) atoms. The molecule has 0 saturated carbocycles. The van der Waals surface area contributed by atoms with E-state index in [1.54, 1.807) is 25.5 Å². The number of para-hydroxylation sites is 2. The molecule has 0 aliphatic rings. The zero-order chi connectivity index (χ0) is 13.9. The molecule has 0 aliphatic carbocycles. The average molecular weight is 269 g/mol. The molecular formula is C14H15N5O. The topological polar surface area (TPSA) is 75.9 Å². The highest BCUT2D eigenvalue weighted by Gasteiger charge is 2.07. The zero-order valence-electron chi connectivity index (χ0n) is 11.1. The zero-order valence-corrected chi connectivity index (χ0v) is 11.1. The Bertz CT molecular complexity index is 722. The number of benzene rings is 1. The Morgan fingerprint density at radius 3 is 2.95 bits per heavy atom. The van der Waals surface area contributed by atoms with Gasteiger partial charge in [-0.15, -0.1) is 0 Å². The van der Waals surface area contributed by atoms with Gasteiger partial charge in [-0.1, -0.05) is 12.1 Å². The second-order valence-electron chi connectivity index (χ2n) is 4.58. The lowest BCUT2D eigenvalue weighted by Gasteiger charge is -2.09. The molecule has 0 spiro atoms. The third-order valence-corrected chi connectivity index (χ3v) is 2.89. The lowest BCUT2D eigenvalue weighted by molar-refractivity contribution is 0.208. The van der Waals surface area contributed by atoms with Gasteiger partial charge in [-0.25, -0.2) is 9.97 Å². The minimum Gasteiger partial charge on any atom is -0.392 e. The predicted molar refractivity (Wildman–Crippen MR) is 76.8 cm³/mol. The van der Waals surface area contributed by atoms with Crippen LogP contribution >= 0.6 is 0 Å². The van der Waals surface area contributed by atoms with Crippen molar-refractivity contribution in [2.45, 2.75) is 13.0 Å². The first-order valence-corrected chi connectivity index (χ1v) is 6.41. The van der Waals surface area contributed by atoms with Gasteiger partial charge in [0.1, 0.15) is 12.1 Å². The number of rotatable bonds is 4. The van der Waals surface area contributed by atoms with Gasteiger partial charge in [-0.05, 0) is 25.1 Å². The van der Waals surface area contributed by atoms with E-state index in [0.29, 0.717) is 18.3 Å². The molecule has 6 nitrogen and oxygen atoms in total. The predicted octanol–water partition coefficient (Wildman–Crippen LogP) is 1.61. The van der Waals surface area contributed by atoms with Crippen molar-refractivity contribution in [3.8, 4) is 5.95 Å². The van der Waals surface area contributed by atoms with Crippen LogP contribution in [0.15, 0.2) is 42.9 Å². The molecule has 2 heterocycles. The highest BCUT2D eigenvalue weighted by atomic mass is 16.3. The maximum Gasteiger partial charge on any atom is 0.237 e. The lowest BCUT2D eigenvalue weighted by Crippen LogP contribution is -2.16. The summed E-state index contributed by atoms with van der Waals surface area (Å²) in [6.07, 6.45) is 2.96. The van der Waals surface area contributed by atoms with Gasteiger partial charge in [0, 0.05) is 12.7 Å². The summed E-state index contributed by atoms with van der Waals surface area (Å²) in [4.78, 5) is 13.0. The van der Waals surface area contributed by atoms with E-state index in [0.717, 1.165) is 11.0 Å². The average Bonchev–Trinajstić information content (AvgIpc) is 2.89. The summed E-state index contributed by atoms with van der Waals surface area (Å²) >= 11 is 0. The van der Waals surface area contributed by atoms with Crippen molar-refractivity contribution in [3.63, 3.8) is 0 Å². The molecule has 1 unspecified atom stereocenters. The van der Waals surface area contributed by atoms with Crippen LogP contribution in [0.25, 0.3) is 17.0 Å². The van der Waals surface area contributed by atoms with Crippen molar-refractivity contribution in [2.75, 3.05) is 11.9 Å². The first-order valence-electron chi connectivity index (χ1n) is 6.41. The van der Waals surface area contributed by atoms with Gasteiger partial charge < -0.3 is 10.4 Å². The van der Waals surface area contributed by atoms with Crippen LogP contribution in [0.4, 0.5) is 5.82 Å². The van der Waals surface area contributed by atoms with Gasteiger partial charge in [0.2, 0.25) is 5.95 Å². The van der Waals surface area contributed by atoms with Gasteiger partial charge in [0.05, 0.1) is 17.1 Å². The summed E-state index contributed by atoms with van der Waals surface area (Å²) in [5.74, 6) is 1.22.